The molecule has 0 bridgehead atoms. The van der Waals surface area contributed by atoms with E-state index in [1.54, 1.807) is 7.05 Å². The third kappa shape index (κ3) is 4.89. The third-order valence-electron chi connectivity index (χ3n) is 7.81. The van der Waals surface area contributed by atoms with E-state index in [1.165, 1.54) is 17.5 Å². The molecule has 5 rings (SSSR count). The maximum atomic E-state index is 13.0. The molecule has 2 saturated heterocycles. The molecular formula is C25H35ClN6O2. The molecule has 0 radical (unpaired) electrons. The molecule has 1 aliphatic carbocycles. The van der Waals surface area contributed by atoms with Crippen molar-refractivity contribution in [1.82, 2.24) is 24.1 Å². The van der Waals surface area contributed by atoms with Crippen LogP contribution in [0, 0.1) is 0 Å². The monoisotopic (exact) mass is 486 g/mol. The standard InChI is InChI=1S/C25H35ClN6O2/c1-28-25(34)32(22-4-2-3-5-22)24(27-28)19-10-12-29(13-11-19)18-23(33)31-16-14-30(15-17-31)21-8-6-20(26)7-9-21/h6-9,19,22H,2-5,10-18H2,1H3. The van der Waals surface area contributed by atoms with Crippen molar-refractivity contribution in [1.29, 1.82) is 0 Å². The summed E-state index contributed by atoms with van der Waals surface area (Å²) in [5, 5.41) is 5.38. The van der Waals surface area contributed by atoms with Gasteiger partial charge in [0.15, 0.2) is 0 Å². The van der Waals surface area contributed by atoms with Crippen LogP contribution in [0.4, 0.5) is 5.69 Å². The second-order valence-electron chi connectivity index (χ2n) is 9.97. The van der Waals surface area contributed by atoms with Crippen LogP contribution in [0.15, 0.2) is 29.1 Å². The Morgan fingerprint density at radius 2 is 1.62 bits per heavy atom. The lowest BCUT2D eigenvalue weighted by Gasteiger charge is -2.38. The van der Waals surface area contributed by atoms with Crippen LogP contribution < -0.4 is 10.6 Å². The molecule has 9 heteroatoms. The number of aromatic nitrogens is 3. The van der Waals surface area contributed by atoms with E-state index in [0.29, 0.717) is 18.5 Å². The van der Waals surface area contributed by atoms with Crippen LogP contribution >= 0.6 is 11.6 Å². The van der Waals surface area contributed by atoms with E-state index < -0.39 is 0 Å². The third-order valence-corrected chi connectivity index (χ3v) is 8.06. The Hall–Kier alpha value is -2.32. The van der Waals surface area contributed by atoms with Crippen molar-refractivity contribution in [3.05, 3.63) is 45.6 Å². The van der Waals surface area contributed by atoms with Crippen LogP contribution in [0.2, 0.25) is 5.02 Å². The van der Waals surface area contributed by atoms with Gasteiger partial charge in [0, 0.05) is 55.9 Å². The number of rotatable bonds is 5. The molecule has 1 aromatic heterocycles. The molecule has 0 spiro atoms. The molecular weight excluding hydrogens is 452 g/mol. The molecule has 1 amide bonds. The number of carbonyl (C=O) groups excluding carboxylic acids is 1. The topological polar surface area (TPSA) is 66.6 Å². The highest BCUT2D eigenvalue weighted by Gasteiger charge is 2.31. The van der Waals surface area contributed by atoms with Crippen molar-refractivity contribution in [3.63, 3.8) is 0 Å². The Kier molecular flexibility index (Phi) is 6.97. The fourth-order valence-electron chi connectivity index (χ4n) is 5.79. The first kappa shape index (κ1) is 23.4. The van der Waals surface area contributed by atoms with Gasteiger partial charge in [0.1, 0.15) is 5.82 Å². The first-order valence-electron chi connectivity index (χ1n) is 12.7. The summed E-state index contributed by atoms with van der Waals surface area (Å²) in [7, 11) is 1.76. The minimum atomic E-state index is 0.0252. The summed E-state index contributed by atoms with van der Waals surface area (Å²) in [6.45, 7) is 5.40. The van der Waals surface area contributed by atoms with Gasteiger partial charge < -0.3 is 9.80 Å². The molecule has 8 nitrogen and oxygen atoms in total. The number of aryl methyl sites for hydroxylation is 1. The predicted molar refractivity (Wildman–Crippen MR) is 134 cm³/mol. The number of amides is 1. The number of likely N-dealkylation sites (tertiary alicyclic amines) is 1. The Morgan fingerprint density at radius 1 is 0.971 bits per heavy atom. The van der Waals surface area contributed by atoms with Crippen molar-refractivity contribution in [2.24, 2.45) is 7.05 Å². The van der Waals surface area contributed by atoms with Gasteiger partial charge in [0.25, 0.3) is 0 Å². The number of carbonyl (C=O) groups is 1. The summed E-state index contributed by atoms with van der Waals surface area (Å²) >= 11 is 6.00. The Labute approximate surface area is 206 Å². The SMILES string of the molecule is Cn1nc(C2CCN(CC(=O)N3CCN(c4ccc(Cl)cc4)CC3)CC2)n(C2CCCC2)c1=O. The molecule has 184 valence electrons. The number of piperazine rings is 1. The summed E-state index contributed by atoms with van der Waals surface area (Å²) in [6, 6.07) is 8.21. The molecule has 0 unspecified atom stereocenters. The summed E-state index contributed by atoms with van der Waals surface area (Å²) in [6.07, 6.45) is 6.44. The second-order valence-corrected chi connectivity index (χ2v) is 10.4. The van der Waals surface area contributed by atoms with Crippen LogP contribution in [0.25, 0.3) is 0 Å². The van der Waals surface area contributed by atoms with E-state index in [1.807, 2.05) is 33.7 Å². The molecule has 1 saturated carbocycles. The Balaban J connectivity index is 1.12. The maximum absolute atomic E-state index is 13.0. The average molecular weight is 487 g/mol. The lowest BCUT2D eigenvalue weighted by molar-refractivity contribution is -0.133. The fourth-order valence-corrected chi connectivity index (χ4v) is 5.92. The normalized spacial score (nSPS) is 20.9. The summed E-state index contributed by atoms with van der Waals surface area (Å²) in [4.78, 5) is 32.3. The highest BCUT2D eigenvalue weighted by molar-refractivity contribution is 6.30. The molecule has 3 fully saturated rings. The van der Waals surface area contributed by atoms with E-state index in [0.717, 1.165) is 81.5 Å². The first-order chi connectivity index (χ1) is 16.5. The van der Waals surface area contributed by atoms with Crippen LogP contribution in [0.3, 0.4) is 0 Å². The molecule has 0 N–H and O–H groups in total. The van der Waals surface area contributed by atoms with Gasteiger partial charge in [-0.1, -0.05) is 24.4 Å². The van der Waals surface area contributed by atoms with Crippen LogP contribution in [0.5, 0.6) is 0 Å². The molecule has 2 aromatic rings. The van der Waals surface area contributed by atoms with Gasteiger partial charge in [-0.2, -0.15) is 5.10 Å². The van der Waals surface area contributed by atoms with Crippen LogP contribution in [-0.2, 0) is 11.8 Å². The largest absolute Gasteiger partial charge is 0.368 e. The van der Waals surface area contributed by atoms with Crippen LogP contribution in [-0.4, -0.2) is 75.9 Å². The van der Waals surface area contributed by atoms with Gasteiger partial charge in [0.2, 0.25) is 5.91 Å². The van der Waals surface area contributed by atoms with E-state index in [2.05, 4.69) is 14.9 Å². The highest BCUT2D eigenvalue weighted by Crippen LogP contribution is 2.33. The fraction of sp³-hybridized carbons (Fsp3) is 0.640. The highest BCUT2D eigenvalue weighted by atomic mass is 35.5. The summed E-state index contributed by atoms with van der Waals surface area (Å²) in [5.74, 6) is 1.47. The molecule has 2 aliphatic heterocycles. The van der Waals surface area contributed by atoms with Crippen molar-refractivity contribution in [2.75, 3.05) is 50.7 Å². The van der Waals surface area contributed by atoms with Gasteiger partial charge in [-0.25, -0.2) is 9.48 Å². The van der Waals surface area contributed by atoms with Gasteiger partial charge >= 0.3 is 5.69 Å². The summed E-state index contributed by atoms with van der Waals surface area (Å²) in [5.41, 5.74) is 1.18. The zero-order valence-electron chi connectivity index (χ0n) is 20.0. The lowest BCUT2D eigenvalue weighted by atomic mass is 9.95. The molecule has 3 heterocycles. The van der Waals surface area contributed by atoms with Crippen molar-refractivity contribution >= 4 is 23.2 Å². The zero-order chi connectivity index (χ0) is 23.7. The van der Waals surface area contributed by atoms with Gasteiger partial charge in [-0.3, -0.25) is 14.3 Å². The average Bonchev–Trinajstić information content (AvgIpc) is 3.48. The minimum Gasteiger partial charge on any atom is -0.368 e. The van der Waals surface area contributed by atoms with E-state index in [-0.39, 0.29) is 11.6 Å². The van der Waals surface area contributed by atoms with E-state index in [4.69, 9.17) is 11.6 Å². The smallest absolute Gasteiger partial charge is 0.345 e. The molecule has 34 heavy (non-hydrogen) atoms. The zero-order valence-corrected chi connectivity index (χ0v) is 20.8. The van der Waals surface area contributed by atoms with Crippen molar-refractivity contribution in [2.45, 2.75) is 50.5 Å². The molecule has 1 aromatic carbocycles. The van der Waals surface area contributed by atoms with Crippen molar-refractivity contribution in [3.8, 4) is 0 Å². The summed E-state index contributed by atoms with van der Waals surface area (Å²) < 4.78 is 3.49. The van der Waals surface area contributed by atoms with Crippen molar-refractivity contribution < 1.29 is 4.79 Å². The number of halogens is 1. The first-order valence-corrected chi connectivity index (χ1v) is 13.0. The number of nitrogens with zero attached hydrogens (tertiary/aromatic N) is 6. The lowest BCUT2D eigenvalue weighted by Crippen LogP contribution is -2.52. The molecule has 3 aliphatic rings. The predicted octanol–water partition coefficient (Wildman–Crippen LogP) is 2.88. The van der Waals surface area contributed by atoms with E-state index >= 15 is 0 Å². The Bertz CT molecular complexity index is 1040. The quantitative estimate of drug-likeness (QED) is 0.650. The number of benzene rings is 1. The molecule has 0 atom stereocenters. The van der Waals surface area contributed by atoms with Crippen LogP contribution in [0.1, 0.15) is 56.3 Å². The van der Waals surface area contributed by atoms with Gasteiger partial charge in [-0.15, -0.1) is 0 Å². The number of piperidine rings is 1. The number of anilines is 1. The van der Waals surface area contributed by atoms with E-state index in [9.17, 15) is 9.59 Å². The number of hydrogen-bond acceptors (Lipinski definition) is 5. The maximum Gasteiger partial charge on any atom is 0.345 e. The second kappa shape index (κ2) is 10.1. The number of hydrogen-bond donors (Lipinski definition) is 0. The Morgan fingerprint density at radius 3 is 2.26 bits per heavy atom. The minimum absolute atomic E-state index is 0.0252. The van der Waals surface area contributed by atoms with Gasteiger partial charge in [0.05, 0.1) is 6.54 Å². The van der Waals surface area contributed by atoms with Gasteiger partial charge in [-0.05, 0) is 63.0 Å².